The lowest BCUT2D eigenvalue weighted by molar-refractivity contribution is -0.119. The molecule has 0 saturated heterocycles. The molecule has 0 aliphatic carbocycles. The number of amides is 1. The molecule has 0 aromatic heterocycles. The molecule has 1 aromatic rings. The van der Waals surface area contributed by atoms with E-state index in [1.165, 1.54) is 0 Å². The zero-order valence-electron chi connectivity index (χ0n) is 10.8. The minimum absolute atomic E-state index is 0.0121. The molecule has 0 fully saturated rings. The van der Waals surface area contributed by atoms with Crippen molar-refractivity contribution in [1.29, 1.82) is 0 Å². The highest BCUT2D eigenvalue weighted by molar-refractivity contribution is 5.81. The van der Waals surface area contributed by atoms with Gasteiger partial charge in [0.2, 0.25) is 5.91 Å². The van der Waals surface area contributed by atoms with Crippen LogP contribution in [0.2, 0.25) is 0 Å². The van der Waals surface area contributed by atoms with E-state index in [0.29, 0.717) is 13.1 Å². The van der Waals surface area contributed by atoms with Crippen LogP contribution in [-0.4, -0.2) is 26.0 Å². The molecular formula is C13H21N3O. The van der Waals surface area contributed by atoms with Crippen molar-refractivity contribution in [2.75, 3.05) is 25.0 Å². The third-order valence-corrected chi connectivity index (χ3v) is 2.85. The molecule has 0 spiro atoms. The summed E-state index contributed by atoms with van der Waals surface area (Å²) in [4.78, 5) is 13.5. The fraction of sp³-hybridized carbons (Fsp3) is 0.462. The Balaban J connectivity index is 3.06. The molecule has 1 aromatic carbocycles. The van der Waals surface area contributed by atoms with Crippen LogP contribution in [0.15, 0.2) is 18.2 Å². The maximum absolute atomic E-state index is 11.5. The van der Waals surface area contributed by atoms with Gasteiger partial charge in [-0.1, -0.05) is 18.2 Å². The van der Waals surface area contributed by atoms with Crippen molar-refractivity contribution in [2.24, 2.45) is 5.73 Å². The van der Waals surface area contributed by atoms with E-state index < -0.39 is 0 Å². The molecule has 1 rings (SSSR count). The zero-order chi connectivity index (χ0) is 12.8. The van der Waals surface area contributed by atoms with Crippen molar-refractivity contribution in [3.63, 3.8) is 0 Å². The van der Waals surface area contributed by atoms with Gasteiger partial charge in [0.25, 0.3) is 0 Å². The van der Waals surface area contributed by atoms with Gasteiger partial charge in [-0.15, -0.1) is 0 Å². The first kappa shape index (κ1) is 13.5. The van der Waals surface area contributed by atoms with Crippen molar-refractivity contribution >= 4 is 11.6 Å². The normalized spacial score (nSPS) is 10.1. The summed E-state index contributed by atoms with van der Waals surface area (Å²) in [6, 6.07) is 6.05. The minimum atomic E-state index is 0.0121. The van der Waals surface area contributed by atoms with E-state index >= 15 is 0 Å². The number of nitrogens with one attached hydrogen (secondary N) is 1. The molecule has 4 nitrogen and oxygen atoms in total. The van der Waals surface area contributed by atoms with E-state index in [1.807, 2.05) is 32.0 Å². The van der Waals surface area contributed by atoms with Gasteiger partial charge >= 0.3 is 0 Å². The Kier molecular flexibility index (Phi) is 4.97. The number of para-hydroxylation sites is 1. The monoisotopic (exact) mass is 235 g/mol. The molecule has 0 bridgehead atoms. The number of rotatable bonds is 5. The molecule has 0 saturated carbocycles. The Morgan fingerprint density at radius 3 is 2.71 bits per heavy atom. The summed E-state index contributed by atoms with van der Waals surface area (Å²) < 4.78 is 0. The Hall–Kier alpha value is -1.55. The van der Waals surface area contributed by atoms with Gasteiger partial charge in [-0.2, -0.15) is 0 Å². The fourth-order valence-corrected chi connectivity index (χ4v) is 1.94. The molecule has 0 aliphatic heterocycles. The first-order valence-corrected chi connectivity index (χ1v) is 5.88. The van der Waals surface area contributed by atoms with Gasteiger partial charge in [-0.3, -0.25) is 4.79 Å². The Bertz CT molecular complexity index is 390. The maximum atomic E-state index is 11.5. The van der Waals surface area contributed by atoms with Crippen molar-refractivity contribution in [1.82, 2.24) is 5.32 Å². The van der Waals surface area contributed by atoms with Gasteiger partial charge < -0.3 is 16.0 Å². The zero-order valence-corrected chi connectivity index (χ0v) is 10.8. The average molecular weight is 235 g/mol. The number of nitrogens with zero attached hydrogens (tertiary/aromatic N) is 1. The smallest absolute Gasteiger partial charge is 0.239 e. The number of anilines is 1. The summed E-state index contributed by atoms with van der Waals surface area (Å²) in [7, 11) is 1.65. The SMILES string of the molecule is CCN(CC(=O)NC)c1c(C)cccc1CN. The van der Waals surface area contributed by atoms with Crippen LogP contribution in [0.1, 0.15) is 18.1 Å². The lowest BCUT2D eigenvalue weighted by Crippen LogP contribution is -2.36. The number of hydrogen-bond acceptors (Lipinski definition) is 3. The highest BCUT2D eigenvalue weighted by Crippen LogP contribution is 2.24. The Morgan fingerprint density at radius 2 is 2.18 bits per heavy atom. The van der Waals surface area contributed by atoms with Crippen LogP contribution in [0.5, 0.6) is 0 Å². The topological polar surface area (TPSA) is 58.4 Å². The minimum Gasteiger partial charge on any atom is -0.362 e. The summed E-state index contributed by atoms with van der Waals surface area (Å²) in [6.07, 6.45) is 0. The predicted molar refractivity (Wildman–Crippen MR) is 71.0 cm³/mol. The van der Waals surface area contributed by atoms with Gasteiger partial charge in [-0.25, -0.2) is 0 Å². The molecule has 4 heteroatoms. The van der Waals surface area contributed by atoms with Crippen molar-refractivity contribution in [3.8, 4) is 0 Å². The Labute approximate surface area is 103 Å². The summed E-state index contributed by atoms with van der Waals surface area (Å²) in [6.45, 7) is 5.72. The second-order valence-corrected chi connectivity index (χ2v) is 3.97. The van der Waals surface area contributed by atoms with Gasteiger partial charge in [0.1, 0.15) is 0 Å². The van der Waals surface area contributed by atoms with Crippen molar-refractivity contribution in [2.45, 2.75) is 20.4 Å². The lowest BCUT2D eigenvalue weighted by atomic mass is 10.1. The van der Waals surface area contributed by atoms with Crippen LogP contribution in [0.3, 0.4) is 0 Å². The quantitative estimate of drug-likeness (QED) is 0.801. The number of likely N-dealkylation sites (N-methyl/N-ethyl adjacent to an activating group) is 2. The predicted octanol–water partition coefficient (Wildman–Crippen LogP) is 1.03. The molecule has 3 N–H and O–H groups in total. The maximum Gasteiger partial charge on any atom is 0.239 e. The number of carbonyl (C=O) groups is 1. The molecule has 1 amide bonds. The standard InChI is InChI=1S/C13H21N3O/c1-4-16(9-12(17)15-3)13-10(2)6-5-7-11(13)8-14/h5-7H,4,8-9,14H2,1-3H3,(H,15,17). The van der Waals surface area contributed by atoms with Crippen LogP contribution in [0.4, 0.5) is 5.69 Å². The second kappa shape index (κ2) is 6.25. The number of hydrogen-bond donors (Lipinski definition) is 2. The van der Waals surface area contributed by atoms with Gasteiger partial charge in [-0.05, 0) is 25.0 Å². The Morgan fingerprint density at radius 1 is 1.47 bits per heavy atom. The average Bonchev–Trinajstić information content (AvgIpc) is 2.35. The molecule has 0 unspecified atom stereocenters. The number of benzene rings is 1. The number of carbonyl (C=O) groups excluding carboxylic acids is 1. The fourth-order valence-electron chi connectivity index (χ4n) is 1.94. The molecule has 0 radical (unpaired) electrons. The van der Waals surface area contributed by atoms with Crippen molar-refractivity contribution < 1.29 is 4.79 Å². The first-order chi connectivity index (χ1) is 8.13. The molecular weight excluding hydrogens is 214 g/mol. The van der Waals surface area contributed by atoms with Crippen LogP contribution in [0, 0.1) is 6.92 Å². The largest absolute Gasteiger partial charge is 0.362 e. The van der Waals surface area contributed by atoms with Crippen molar-refractivity contribution in [3.05, 3.63) is 29.3 Å². The molecule has 0 atom stereocenters. The van der Waals surface area contributed by atoms with E-state index in [0.717, 1.165) is 23.4 Å². The van der Waals surface area contributed by atoms with Gasteiger partial charge in [0, 0.05) is 25.8 Å². The highest BCUT2D eigenvalue weighted by Gasteiger charge is 2.14. The van der Waals surface area contributed by atoms with Crippen LogP contribution in [-0.2, 0) is 11.3 Å². The van der Waals surface area contributed by atoms with Crippen LogP contribution < -0.4 is 16.0 Å². The van der Waals surface area contributed by atoms with Gasteiger partial charge in [0.15, 0.2) is 0 Å². The third kappa shape index (κ3) is 3.20. The molecule has 0 heterocycles. The van der Waals surface area contributed by atoms with E-state index in [2.05, 4.69) is 10.2 Å². The molecule has 94 valence electrons. The summed E-state index contributed by atoms with van der Waals surface area (Å²) in [5.74, 6) is 0.0121. The summed E-state index contributed by atoms with van der Waals surface area (Å²) >= 11 is 0. The van der Waals surface area contributed by atoms with Crippen LogP contribution in [0.25, 0.3) is 0 Å². The summed E-state index contributed by atoms with van der Waals surface area (Å²) in [5.41, 5.74) is 9.06. The molecule has 0 aliphatic rings. The first-order valence-electron chi connectivity index (χ1n) is 5.88. The second-order valence-electron chi connectivity index (χ2n) is 3.97. The van der Waals surface area contributed by atoms with E-state index in [9.17, 15) is 4.79 Å². The number of aryl methyl sites for hydroxylation is 1. The third-order valence-electron chi connectivity index (χ3n) is 2.85. The highest BCUT2D eigenvalue weighted by atomic mass is 16.1. The number of nitrogens with two attached hydrogens (primary N) is 1. The van der Waals surface area contributed by atoms with E-state index in [4.69, 9.17) is 5.73 Å². The molecule has 17 heavy (non-hydrogen) atoms. The van der Waals surface area contributed by atoms with E-state index in [-0.39, 0.29) is 5.91 Å². The van der Waals surface area contributed by atoms with E-state index in [1.54, 1.807) is 7.05 Å². The van der Waals surface area contributed by atoms with Crippen LogP contribution >= 0.6 is 0 Å². The summed E-state index contributed by atoms with van der Waals surface area (Å²) in [5, 5.41) is 2.64. The lowest BCUT2D eigenvalue weighted by Gasteiger charge is -2.26. The van der Waals surface area contributed by atoms with Gasteiger partial charge in [0.05, 0.1) is 6.54 Å².